The molecule has 27 heavy (non-hydrogen) atoms. The predicted molar refractivity (Wildman–Crippen MR) is 102 cm³/mol. The highest BCUT2D eigenvalue weighted by molar-refractivity contribution is 5.88. The van der Waals surface area contributed by atoms with Crippen LogP contribution in [0.4, 0.5) is 0 Å². The number of phenols is 1. The summed E-state index contributed by atoms with van der Waals surface area (Å²) < 4.78 is 11.5. The van der Waals surface area contributed by atoms with Gasteiger partial charge in [-0.2, -0.15) is 5.10 Å². The molecule has 1 heterocycles. The highest BCUT2D eigenvalue weighted by Crippen LogP contribution is 2.35. The molecule has 0 aromatic heterocycles. The summed E-state index contributed by atoms with van der Waals surface area (Å²) in [5.74, 6) is 0.828. The topological polar surface area (TPSA) is 80.2 Å². The van der Waals surface area contributed by atoms with Gasteiger partial charge in [0, 0.05) is 5.56 Å². The van der Waals surface area contributed by atoms with Gasteiger partial charge in [0.1, 0.15) is 12.4 Å². The van der Waals surface area contributed by atoms with Gasteiger partial charge in [0.25, 0.3) is 5.91 Å². The lowest BCUT2D eigenvalue weighted by Gasteiger charge is -2.25. The molecule has 1 atom stereocenters. The molecule has 0 saturated carbocycles. The molecule has 0 radical (unpaired) electrons. The lowest BCUT2D eigenvalue weighted by atomic mass is 10.1. The van der Waals surface area contributed by atoms with Gasteiger partial charge in [-0.15, -0.1) is 0 Å². The number of ether oxygens (including phenoxy) is 2. The largest absolute Gasteiger partial charge is 0.507 e. The van der Waals surface area contributed by atoms with E-state index in [1.54, 1.807) is 12.1 Å². The number of phenolic OH excluding ortho intramolecular Hbond substituents is 1. The third-order valence-electron chi connectivity index (χ3n) is 4.33. The van der Waals surface area contributed by atoms with Crippen molar-refractivity contribution in [2.24, 2.45) is 5.10 Å². The second-order valence-corrected chi connectivity index (χ2v) is 6.36. The standard InChI is InChI=1S/C21H18N2O4/c1-13-6-7-16(17(24)8-13)11-22-23-21(25)20-12-26-18-9-14-4-2-3-5-15(14)10-19(18)27-20/h2-11,20,24H,12H2,1H3,(H,23,25)/b22-11+/t20-/m1/s1. The minimum absolute atomic E-state index is 0.0997. The fourth-order valence-electron chi connectivity index (χ4n) is 2.89. The van der Waals surface area contributed by atoms with E-state index in [4.69, 9.17) is 9.47 Å². The van der Waals surface area contributed by atoms with E-state index in [2.05, 4.69) is 10.5 Å². The van der Waals surface area contributed by atoms with Crippen LogP contribution in [-0.2, 0) is 4.79 Å². The molecule has 0 fully saturated rings. The average molecular weight is 362 g/mol. The number of hydrazone groups is 1. The molecule has 4 rings (SSSR count). The lowest BCUT2D eigenvalue weighted by molar-refractivity contribution is -0.130. The van der Waals surface area contributed by atoms with Gasteiger partial charge in [0.15, 0.2) is 11.5 Å². The average Bonchev–Trinajstić information content (AvgIpc) is 2.67. The number of carbonyl (C=O) groups is 1. The van der Waals surface area contributed by atoms with Gasteiger partial charge in [-0.25, -0.2) is 5.43 Å². The first-order valence-corrected chi connectivity index (χ1v) is 8.55. The van der Waals surface area contributed by atoms with E-state index in [9.17, 15) is 9.90 Å². The molecule has 6 nitrogen and oxygen atoms in total. The van der Waals surface area contributed by atoms with E-state index in [1.165, 1.54) is 6.21 Å². The Bertz CT molecular complexity index is 1050. The van der Waals surface area contributed by atoms with Crippen LogP contribution in [0.2, 0.25) is 0 Å². The summed E-state index contributed by atoms with van der Waals surface area (Å²) in [6.07, 6.45) is 0.583. The maximum atomic E-state index is 12.3. The van der Waals surface area contributed by atoms with Crippen molar-refractivity contribution in [1.29, 1.82) is 0 Å². The zero-order chi connectivity index (χ0) is 18.8. The van der Waals surface area contributed by atoms with E-state index in [-0.39, 0.29) is 12.4 Å². The van der Waals surface area contributed by atoms with Crippen LogP contribution in [0.15, 0.2) is 59.7 Å². The van der Waals surface area contributed by atoms with Gasteiger partial charge in [-0.3, -0.25) is 4.79 Å². The van der Waals surface area contributed by atoms with E-state index < -0.39 is 12.0 Å². The van der Waals surface area contributed by atoms with Crippen LogP contribution in [0.5, 0.6) is 17.2 Å². The molecule has 3 aromatic carbocycles. The summed E-state index contributed by atoms with van der Waals surface area (Å²) >= 11 is 0. The minimum Gasteiger partial charge on any atom is -0.507 e. The molecular formula is C21H18N2O4. The van der Waals surface area contributed by atoms with Crippen molar-refractivity contribution in [1.82, 2.24) is 5.43 Å². The SMILES string of the molecule is Cc1ccc(/C=N/NC(=O)[C@H]2COc3cc4ccccc4cc3O2)c(O)c1. The number of benzene rings is 3. The number of nitrogens with zero attached hydrogens (tertiary/aromatic N) is 1. The number of amides is 1. The lowest BCUT2D eigenvalue weighted by Crippen LogP contribution is -2.42. The van der Waals surface area contributed by atoms with Gasteiger partial charge in [0.05, 0.1) is 6.21 Å². The first kappa shape index (κ1) is 16.9. The Morgan fingerprint density at radius 1 is 1.15 bits per heavy atom. The van der Waals surface area contributed by atoms with E-state index in [0.29, 0.717) is 17.1 Å². The number of hydrogen-bond donors (Lipinski definition) is 2. The van der Waals surface area contributed by atoms with Crippen LogP contribution in [-0.4, -0.2) is 29.9 Å². The fourth-order valence-corrected chi connectivity index (χ4v) is 2.89. The zero-order valence-corrected chi connectivity index (χ0v) is 14.7. The summed E-state index contributed by atoms with van der Waals surface area (Å²) in [5, 5.41) is 15.8. The van der Waals surface area contributed by atoms with Crippen molar-refractivity contribution in [3.05, 3.63) is 65.7 Å². The molecule has 0 spiro atoms. The first-order chi connectivity index (χ1) is 13.1. The summed E-state index contributed by atoms with van der Waals surface area (Å²) in [5.41, 5.74) is 3.88. The molecule has 1 aliphatic rings. The second-order valence-electron chi connectivity index (χ2n) is 6.36. The monoisotopic (exact) mass is 362 g/mol. The summed E-state index contributed by atoms with van der Waals surface area (Å²) in [6, 6.07) is 16.8. The number of nitrogens with one attached hydrogen (secondary N) is 1. The third kappa shape index (κ3) is 3.55. The number of aryl methyl sites for hydroxylation is 1. The van der Waals surface area contributed by atoms with Gasteiger partial charge in [-0.1, -0.05) is 30.3 Å². The maximum absolute atomic E-state index is 12.3. The van der Waals surface area contributed by atoms with Crippen LogP contribution in [0.25, 0.3) is 10.8 Å². The molecule has 2 N–H and O–H groups in total. The second kappa shape index (κ2) is 6.99. The van der Waals surface area contributed by atoms with Crippen LogP contribution in [0.3, 0.4) is 0 Å². The van der Waals surface area contributed by atoms with Gasteiger partial charge in [0.2, 0.25) is 6.10 Å². The Labute approximate surface area is 156 Å². The van der Waals surface area contributed by atoms with Crippen molar-refractivity contribution in [2.45, 2.75) is 13.0 Å². The van der Waals surface area contributed by atoms with Crippen LogP contribution >= 0.6 is 0 Å². The van der Waals surface area contributed by atoms with Crippen molar-refractivity contribution >= 4 is 22.9 Å². The van der Waals surface area contributed by atoms with Gasteiger partial charge in [-0.05, 0) is 47.5 Å². The molecule has 1 aliphatic heterocycles. The first-order valence-electron chi connectivity index (χ1n) is 8.55. The van der Waals surface area contributed by atoms with Gasteiger partial charge >= 0.3 is 0 Å². The quantitative estimate of drug-likeness (QED) is 0.554. The Balaban J connectivity index is 1.44. The van der Waals surface area contributed by atoms with Crippen LogP contribution in [0.1, 0.15) is 11.1 Å². The molecule has 6 heteroatoms. The molecule has 136 valence electrons. The Morgan fingerprint density at radius 3 is 2.63 bits per heavy atom. The third-order valence-corrected chi connectivity index (χ3v) is 4.33. The van der Waals surface area contributed by atoms with Crippen molar-refractivity contribution in [2.75, 3.05) is 6.61 Å². The van der Waals surface area contributed by atoms with Crippen LogP contribution < -0.4 is 14.9 Å². The normalized spacial score (nSPS) is 15.8. The van der Waals surface area contributed by atoms with E-state index in [0.717, 1.165) is 16.3 Å². The number of rotatable bonds is 3. The molecule has 3 aromatic rings. The number of aromatic hydroxyl groups is 1. The highest BCUT2D eigenvalue weighted by atomic mass is 16.6. The predicted octanol–water partition coefficient (Wildman–Crippen LogP) is 3.14. The van der Waals surface area contributed by atoms with Crippen molar-refractivity contribution < 1.29 is 19.4 Å². The fraction of sp³-hybridized carbons (Fsp3) is 0.143. The molecule has 0 aliphatic carbocycles. The smallest absolute Gasteiger partial charge is 0.284 e. The van der Waals surface area contributed by atoms with E-state index >= 15 is 0 Å². The Kier molecular flexibility index (Phi) is 4.38. The van der Waals surface area contributed by atoms with Crippen molar-refractivity contribution in [3.8, 4) is 17.2 Å². The molecule has 0 saturated heterocycles. The van der Waals surface area contributed by atoms with Crippen molar-refractivity contribution in [3.63, 3.8) is 0 Å². The number of fused-ring (bicyclic) bond motifs is 2. The highest BCUT2D eigenvalue weighted by Gasteiger charge is 2.27. The summed E-state index contributed by atoms with van der Waals surface area (Å²) in [7, 11) is 0. The molecule has 0 unspecified atom stereocenters. The minimum atomic E-state index is -0.803. The Hall–Kier alpha value is -3.54. The Morgan fingerprint density at radius 2 is 1.89 bits per heavy atom. The summed E-state index contributed by atoms with van der Waals surface area (Å²) in [6.45, 7) is 1.98. The van der Waals surface area contributed by atoms with Gasteiger partial charge < -0.3 is 14.6 Å². The molecular weight excluding hydrogens is 344 g/mol. The number of hydrogen-bond acceptors (Lipinski definition) is 5. The van der Waals surface area contributed by atoms with Crippen LogP contribution in [0, 0.1) is 6.92 Å². The molecule has 0 bridgehead atoms. The maximum Gasteiger partial charge on any atom is 0.284 e. The summed E-state index contributed by atoms with van der Waals surface area (Å²) in [4.78, 5) is 12.3. The molecule has 1 amide bonds. The zero-order valence-electron chi connectivity index (χ0n) is 14.7. The van der Waals surface area contributed by atoms with E-state index in [1.807, 2.05) is 49.4 Å². The number of carbonyl (C=O) groups excluding carboxylic acids is 1.